The molecule has 0 radical (unpaired) electrons. The second-order valence-corrected chi connectivity index (χ2v) is 8.25. The van der Waals surface area contributed by atoms with Gasteiger partial charge in [0.05, 0.1) is 11.4 Å². The number of carbonyl (C=O) groups excluding carboxylic acids is 1. The fourth-order valence-corrected chi connectivity index (χ4v) is 4.37. The van der Waals surface area contributed by atoms with E-state index in [2.05, 4.69) is 20.4 Å². The first-order valence-electron chi connectivity index (χ1n) is 10.8. The number of carbonyl (C=O) groups is 1. The van der Waals surface area contributed by atoms with Gasteiger partial charge in [0, 0.05) is 30.6 Å². The van der Waals surface area contributed by atoms with Crippen LogP contribution in [0, 0.1) is 0 Å². The van der Waals surface area contributed by atoms with E-state index in [1.165, 1.54) is 35.6 Å². The maximum Gasteiger partial charge on any atom is 0.573 e. The molecule has 0 spiro atoms. The minimum atomic E-state index is -4.75. The second kappa shape index (κ2) is 10.7. The van der Waals surface area contributed by atoms with Crippen molar-refractivity contribution in [1.82, 2.24) is 15.2 Å². The Morgan fingerprint density at radius 1 is 1.14 bits per heavy atom. The first-order chi connectivity index (χ1) is 16.8. The van der Waals surface area contributed by atoms with Crippen molar-refractivity contribution in [3.05, 3.63) is 52.6 Å². The molecule has 186 valence electrons. The van der Waals surface area contributed by atoms with Gasteiger partial charge in [-0.25, -0.2) is 9.79 Å². The molecule has 2 amide bonds. The topological polar surface area (TPSA) is 86.1 Å². The Labute approximate surface area is 203 Å². The van der Waals surface area contributed by atoms with Gasteiger partial charge >= 0.3 is 12.4 Å². The van der Waals surface area contributed by atoms with Crippen LogP contribution >= 0.6 is 11.3 Å². The van der Waals surface area contributed by atoms with Crippen molar-refractivity contribution in [2.45, 2.75) is 26.3 Å². The number of rotatable bonds is 8. The third-order valence-corrected chi connectivity index (χ3v) is 5.81. The molecule has 2 aromatic carbocycles. The quantitative estimate of drug-likeness (QED) is 0.429. The Balaban J connectivity index is 1.60. The van der Waals surface area contributed by atoms with Crippen LogP contribution in [-0.2, 0) is 6.54 Å². The van der Waals surface area contributed by atoms with Crippen LogP contribution < -0.4 is 29.6 Å². The highest BCUT2D eigenvalue weighted by atomic mass is 32.1. The highest BCUT2D eigenvalue weighted by Crippen LogP contribution is 2.36. The number of aromatic nitrogens is 1. The lowest BCUT2D eigenvalue weighted by atomic mass is 10.1. The zero-order valence-corrected chi connectivity index (χ0v) is 19.5. The van der Waals surface area contributed by atoms with E-state index in [1.54, 1.807) is 0 Å². The molecule has 0 saturated carbocycles. The normalized spacial score (nSPS) is 13.1. The Bertz CT molecular complexity index is 1240. The molecule has 8 nitrogen and oxygen atoms in total. The van der Waals surface area contributed by atoms with Crippen molar-refractivity contribution in [3.63, 3.8) is 0 Å². The summed E-state index contributed by atoms with van der Waals surface area (Å²) in [7, 11) is 0. The van der Waals surface area contributed by atoms with Gasteiger partial charge in [0.15, 0.2) is 16.3 Å². The van der Waals surface area contributed by atoms with Crippen molar-refractivity contribution in [2.24, 2.45) is 4.99 Å². The van der Waals surface area contributed by atoms with Gasteiger partial charge < -0.3 is 29.4 Å². The van der Waals surface area contributed by atoms with Gasteiger partial charge in [0.25, 0.3) is 0 Å². The van der Waals surface area contributed by atoms with E-state index in [0.29, 0.717) is 48.0 Å². The van der Waals surface area contributed by atoms with Crippen LogP contribution in [-0.4, -0.2) is 36.8 Å². The van der Waals surface area contributed by atoms with Crippen LogP contribution in [0.2, 0.25) is 0 Å². The number of halogens is 3. The molecular formula is C23H23F3N4O4S. The zero-order valence-electron chi connectivity index (χ0n) is 18.7. The molecule has 1 aliphatic heterocycles. The highest BCUT2D eigenvalue weighted by molar-refractivity contribution is 7.07. The Morgan fingerprint density at radius 3 is 2.66 bits per heavy atom. The van der Waals surface area contributed by atoms with Gasteiger partial charge in [-0.15, -0.1) is 24.5 Å². The maximum absolute atomic E-state index is 12.4. The molecule has 0 bridgehead atoms. The third-order valence-electron chi connectivity index (χ3n) is 4.94. The number of ether oxygens (including phenoxy) is 3. The summed E-state index contributed by atoms with van der Waals surface area (Å²) in [4.78, 5) is 17.0. The molecule has 4 rings (SSSR count). The number of fused-ring (bicyclic) bond motifs is 1. The summed E-state index contributed by atoms with van der Waals surface area (Å²) >= 11 is 1.40. The van der Waals surface area contributed by atoms with Gasteiger partial charge in [0.1, 0.15) is 5.75 Å². The summed E-state index contributed by atoms with van der Waals surface area (Å²) in [5, 5.41) is 7.44. The smallest absolute Gasteiger partial charge is 0.454 e. The summed E-state index contributed by atoms with van der Waals surface area (Å²) in [6, 6.07) is 10.8. The largest absolute Gasteiger partial charge is 0.573 e. The summed E-state index contributed by atoms with van der Waals surface area (Å²) in [6.45, 7) is 3.55. The van der Waals surface area contributed by atoms with Gasteiger partial charge in [0.2, 0.25) is 6.79 Å². The van der Waals surface area contributed by atoms with Crippen molar-refractivity contribution in [3.8, 4) is 28.5 Å². The van der Waals surface area contributed by atoms with Crippen molar-refractivity contribution in [1.29, 1.82) is 0 Å². The minimum Gasteiger partial charge on any atom is -0.454 e. The standard InChI is InChI=1S/C23H23F3N4O4S/c1-2-27-21(31)28-10-3-11-30-18(15-4-9-19-20(12-15)33-14-32-19)13-35-22(30)29-16-5-7-17(8-6-16)34-23(24,25)26/h4-9,12-13H,2-3,10-11,14H2,1H3,(H2,27,28,31). The van der Waals surface area contributed by atoms with Crippen LogP contribution in [0.15, 0.2) is 52.8 Å². The monoisotopic (exact) mass is 508 g/mol. The van der Waals surface area contributed by atoms with E-state index >= 15 is 0 Å². The number of benzene rings is 2. The molecule has 0 saturated heterocycles. The molecule has 1 aromatic heterocycles. The Morgan fingerprint density at radius 2 is 1.91 bits per heavy atom. The van der Waals surface area contributed by atoms with E-state index in [1.807, 2.05) is 35.1 Å². The van der Waals surface area contributed by atoms with E-state index in [4.69, 9.17) is 9.47 Å². The lowest BCUT2D eigenvalue weighted by Crippen LogP contribution is -2.36. The van der Waals surface area contributed by atoms with Gasteiger partial charge in [-0.1, -0.05) is 0 Å². The van der Waals surface area contributed by atoms with Gasteiger partial charge in [-0.05, 0) is 55.8 Å². The fourth-order valence-electron chi connectivity index (χ4n) is 3.42. The molecule has 35 heavy (non-hydrogen) atoms. The first-order valence-corrected chi connectivity index (χ1v) is 11.7. The molecule has 1 aliphatic rings. The number of thiazole rings is 1. The molecule has 0 unspecified atom stereocenters. The van der Waals surface area contributed by atoms with Crippen molar-refractivity contribution < 1.29 is 32.2 Å². The average molecular weight is 509 g/mol. The average Bonchev–Trinajstić information content (AvgIpc) is 3.43. The third kappa shape index (κ3) is 6.47. The number of hydrogen-bond donors (Lipinski definition) is 2. The lowest BCUT2D eigenvalue weighted by Gasteiger charge is -2.11. The molecule has 0 aliphatic carbocycles. The molecule has 3 aromatic rings. The summed E-state index contributed by atoms with van der Waals surface area (Å²) in [5.41, 5.74) is 2.27. The summed E-state index contributed by atoms with van der Waals surface area (Å²) in [5.74, 6) is 1.01. The van der Waals surface area contributed by atoms with Crippen LogP contribution in [0.3, 0.4) is 0 Å². The maximum atomic E-state index is 12.4. The number of amides is 2. The summed E-state index contributed by atoms with van der Waals surface area (Å²) < 4.78 is 54.1. The first kappa shape index (κ1) is 24.5. The van der Waals surface area contributed by atoms with Gasteiger partial charge in [-0.3, -0.25) is 0 Å². The van der Waals surface area contributed by atoms with Crippen LogP contribution in [0.25, 0.3) is 11.3 Å². The molecule has 12 heteroatoms. The van der Waals surface area contributed by atoms with E-state index < -0.39 is 6.36 Å². The number of alkyl halides is 3. The number of urea groups is 1. The Kier molecular flexibility index (Phi) is 7.49. The van der Waals surface area contributed by atoms with Crippen molar-refractivity contribution >= 4 is 23.1 Å². The van der Waals surface area contributed by atoms with Gasteiger partial charge in [-0.2, -0.15) is 0 Å². The minimum absolute atomic E-state index is 0.169. The van der Waals surface area contributed by atoms with E-state index in [0.717, 1.165) is 11.3 Å². The van der Waals surface area contributed by atoms with Crippen LogP contribution in [0.5, 0.6) is 17.2 Å². The number of nitrogens with one attached hydrogen (secondary N) is 2. The molecule has 2 heterocycles. The number of nitrogens with zero attached hydrogens (tertiary/aromatic N) is 2. The SMILES string of the molecule is CCNC(=O)NCCCn1c(-c2ccc3c(c2)OCO3)csc1=Nc1ccc(OC(F)(F)F)cc1. The van der Waals surface area contributed by atoms with Crippen molar-refractivity contribution in [2.75, 3.05) is 19.9 Å². The van der Waals surface area contributed by atoms with Crippen LogP contribution in [0.1, 0.15) is 13.3 Å². The predicted molar refractivity (Wildman–Crippen MR) is 124 cm³/mol. The summed E-state index contributed by atoms with van der Waals surface area (Å²) in [6.07, 6.45) is -4.12. The Hall–Kier alpha value is -3.67. The highest BCUT2D eigenvalue weighted by Gasteiger charge is 2.31. The lowest BCUT2D eigenvalue weighted by molar-refractivity contribution is -0.274. The molecule has 0 atom stereocenters. The molecule has 2 N–H and O–H groups in total. The van der Waals surface area contributed by atoms with E-state index in [9.17, 15) is 18.0 Å². The van der Waals surface area contributed by atoms with E-state index in [-0.39, 0.29) is 18.6 Å². The fraction of sp³-hybridized carbons (Fsp3) is 0.304. The number of hydrogen-bond acceptors (Lipinski definition) is 6. The zero-order chi connectivity index (χ0) is 24.8. The predicted octanol–water partition coefficient (Wildman–Crippen LogP) is 4.79. The van der Waals surface area contributed by atoms with Crippen LogP contribution in [0.4, 0.5) is 23.7 Å². The molecule has 0 fully saturated rings. The molecular weight excluding hydrogens is 485 g/mol. The second-order valence-electron chi connectivity index (χ2n) is 7.42.